The Labute approximate surface area is 117 Å². The van der Waals surface area contributed by atoms with Crippen molar-refractivity contribution in [3.63, 3.8) is 0 Å². The SMILES string of the molecule is O=c1cc(-c2cc(O)ccc2O)oc2cc(O)cc(O)c12. The third-order valence-electron chi connectivity index (χ3n) is 3.04. The summed E-state index contributed by atoms with van der Waals surface area (Å²) in [5.41, 5.74) is -0.443. The van der Waals surface area contributed by atoms with E-state index in [-0.39, 0.29) is 39.5 Å². The second-order valence-corrected chi connectivity index (χ2v) is 4.51. The average molecular weight is 286 g/mol. The minimum atomic E-state index is -0.536. The van der Waals surface area contributed by atoms with Crippen LogP contribution in [0.25, 0.3) is 22.3 Å². The molecule has 6 nitrogen and oxygen atoms in total. The van der Waals surface area contributed by atoms with Crippen molar-refractivity contribution in [2.75, 3.05) is 0 Å². The van der Waals surface area contributed by atoms with Crippen LogP contribution in [0.4, 0.5) is 0 Å². The van der Waals surface area contributed by atoms with Crippen molar-refractivity contribution in [2.24, 2.45) is 0 Å². The Kier molecular flexibility index (Phi) is 2.72. The molecule has 0 atom stereocenters. The summed E-state index contributed by atoms with van der Waals surface area (Å²) < 4.78 is 5.44. The van der Waals surface area contributed by atoms with Crippen LogP contribution in [-0.4, -0.2) is 20.4 Å². The van der Waals surface area contributed by atoms with Gasteiger partial charge in [-0.05, 0) is 18.2 Å². The molecule has 0 fully saturated rings. The highest BCUT2D eigenvalue weighted by atomic mass is 16.3. The Morgan fingerprint density at radius 1 is 0.810 bits per heavy atom. The van der Waals surface area contributed by atoms with Crippen LogP contribution < -0.4 is 5.43 Å². The Bertz CT molecular complexity index is 910. The van der Waals surface area contributed by atoms with Gasteiger partial charge in [0, 0.05) is 18.2 Å². The third-order valence-corrected chi connectivity index (χ3v) is 3.04. The molecule has 0 amide bonds. The number of benzene rings is 2. The molecule has 0 aliphatic heterocycles. The molecule has 6 heteroatoms. The molecule has 1 aromatic heterocycles. The summed E-state index contributed by atoms with van der Waals surface area (Å²) in [6, 6.07) is 7.09. The molecule has 0 spiro atoms. The van der Waals surface area contributed by atoms with E-state index in [0.717, 1.165) is 12.1 Å². The number of rotatable bonds is 1. The van der Waals surface area contributed by atoms with Crippen LogP contribution in [0.3, 0.4) is 0 Å². The molecule has 21 heavy (non-hydrogen) atoms. The zero-order chi connectivity index (χ0) is 15.1. The second kappa shape index (κ2) is 4.45. The summed E-state index contributed by atoms with van der Waals surface area (Å²) in [5, 5.41) is 38.3. The molecule has 4 N–H and O–H groups in total. The number of phenols is 4. The summed E-state index contributed by atoms with van der Waals surface area (Å²) in [4.78, 5) is 12.1. The van der Waals surface area contributed by atoms with E-state index in [2.05, 4.69) is 0 Å². The highest BCUT2D eigenvalue weighted by Gasteiger charge is 2.14. The smallest absolute Gasteiger partial charge is 0.197 e. The highest BCUT2D eigenvalue weighted by molar-refractivity contribution is 5.86. The van der Waals surface area contributed by atoms with Crippen LogP contribution in [0, 0.1) is 0 Å². The Hall–Kier alpha value is -3.15. The zero-order valence-electron chi connectivity index (χ0n) is 10.6. The minimum Gasteiger partial charge on any atom is -0.508 e. The summed E-state index contributed by atoms with van der Waals surface area (Å²) >= 11 is 0. The molecule has 0 saturated heterocycles. The predicted octanol–water partition coefficient (Wildman–Crippen LogP) is 2.28. The van der Waals surface area contributed by atoms with E-state index in [4.69, 9.17) is 4.42 Å². The van der Waals surface area contributed by atoms with E-state index in [1.165, 1.54) is 24.3 Å². The third kappa shape index (κ3) is 2.12. The van der Waals surface area contributed by atoms with E-state index in [9.17, 15) is 25.2 Å². The molecule has 0 bridgehead atoms. The van der Waals surface area contributed by atoms with Gasteiger partial charge in [-0.1, -0.05) is 0 Å². The van der Waals surface area contributed by atoms with Crippen LogP contribution >= 0.6 is 0 Å². The first-order valence-electron chi connectivity index (χ1n) is 5.98. The van der Waals surface area contributed by atoms with Gasteiger partial charge in [0.1, 0.15) is 39.7 Å². The van der Waals surface area contributed by atoms with E-state index in [0.29, 0.717) is 0 Å². The Morgan fingerprint density at radius 2 is 1.57 bits per heavy atom. The first kappa shape index (κ1) is 12.9. The normalized spacial score (nSPS) is 10.9. The van der Waals surface area contributed by atoms with E-state index >= 15 is 0 Å². The van der Waals surface area contributed by atoms with E-state index in [1.807, 2.05) is 0 Å². The van der Waals surface area contributed by atoms with Crippen molar-refractivity contribution in [1.29, 1.82) is 0 Å². The maximum absolute atomic E-state index is 12.1. The van der Waals surface area contributed by atoms with E-state index < -0.39 is 11.2 Å². The second-order valence-electron chi connectivity index (χ2n) is 4.51. The number of aromatic hydroxyl groups is 4. The van der Waals surface area contributed by atoms with Crippen LogP contribution in [-0.2, 0) is 0 Å². The molecule has 0 unspecified atom stereocenters. The summed E-state index contributed by atoms with van der Waals surface area (Å²) in [7, 11) is 0. The maximum atomic E-state index is 12.1. The standard InChI is InChI=1S/C15H10O6/c16-7-1-2-10(18)9(3-7)13-6-12(20)15-11(19)4-8(17)5-14(15)21-13/h1-6,16-19H. The van der Waals surface area contributed by atoms with Gasteiger partial charge in [0.15, 0.2) is 5.43 Å². The highest BCUT2D eigenvalue weighted by Crippen LogP contribution is 2.35. The largest absolute Gasteiger partial charge is 0.508 e. The van der Waals surface area contributed by atoms with Gasteiger partial charge < -0.3 is 24.8 Å². The molecule has 2 aromatic carbocycles. The number of phenolic OH excluding ortho intramolecular Hbond substituents is 4. The van der Waals surface area contributed by atoms with Crippen LogP contribution in [0.1, 0.15) is 0 Å². The Morgan fingerprint density at radius 3 is 2.33 bits per heavy atom. The molecule has 0 aliphatic carbocycles. The molecular weight excluding hydrogens is 276 g/mol. The molecule has 0 aliphatic rings. The quantitative estimate of drug-likeness (QED) is 0.511. The summed E-state index contributed by atoms with van der Waals surface area (Å²) in [5.74, 6) is -0.944. The maximum Gasteiger partial charge on any atom is 0.197 e. The van der Waals surface area contributed by atoms with Gasteiger partial charge >= 0.3 is 0 Å². The molecule has 0 radical (unpaired) electrons. The van der Waals surface area contributed by atoms with Crippen molar-refractivity contribution in [3.05, 3.63) is 46.6 Å². The van der Waals surface area contributed by atoms with Gasteiger partial charge in [0.05, 0.1) is 5.56 Å². The van der Waals surface area contributed by atoms with Crippen LogP contribution in [0.5, 0.6) is 23.0 Å². The average Bonchev–Trinajstić information content (AvgIpc) is 2.40. The molecule has 3 aromatic rings. The fourth-order valence-corrected chi connectivity index (χ4v) is 2.11. The molecule has 106 valence electrons. The van der Waals surface area contributed by atoms with Gasteiger partial charge in [0.25, 0.3) is 0 Å². The lowest BCUT2D eigenvalue weighted by Crippen LogP contribution is -2.00. The van der Waals surface area contributed by atoms with Crippen molar-refractivity contribution < 1.29 is 24.8 Å². The van der Waals surface area contributed by atoms with Crippen molar-refractivity contribution in [1.82, 2.24) is 0 Å². The lowest BCUT2D eigenvalue weighted by atomic mass is 10.1. The first-order valence-corrected chi connectivity index (χ1v) is 5.98. The summed E-state index contributed by atoms with van der Waals surface area (Å²) in [6.45, 7) is 0. The summed E-state index contributed by atoms with van der Waals surface area (Å²) in [6.07, 6.45) is 0. The molecule has 3 rings (SSSR count). The van der Waals surface area contributed by atoms with E-state index in [1.54, 1.807) is 0 Å². The van der Waals surface area contributed by atoms with Crippen molar-refractivity contribution in [2.45, 2.75) is 0 Å². The molecular formula is C15H10O6. The van der Waals surface area contributed by atoms with Crippen LogP contribution in [0.15, 0.2) is 45.6 Å². The predicted molar refractivity (Wildman–Crippen MR) is 74.6 cm³/mol. The van der Waals surface area contributed by atoms with Crippen LogP contribution in [0.2, 0.25) is 0 Å². The van der Waals surface area contributed by atoms with Gasteiger partial charge in [0.2, 0.25) is 0 Å². The van der Waals surface area contributed by atoms with Gasteiger partial charge in [-0.25, -0.2) is 0 Å². The number of fused-ring (bicyclic) bond motifs is 1. The lowest BCUT2D eigenvalue weighted by Gasteiger charge is -2.07. The van der Waals surface area contributed by atoms with Crippen molar-refractivity contribution in [3.8, 4) is 34.3 Å². The molecule has 1 heterocycles. The number of hydrogen-bond donors (Lipinski definition) is 4. The first-order chi connectivity index (χ1) is 9.95. The molecule has 0 saturated carbocycles. The number of hydrogen-bond acceptors (Lipinski definition) is 6. The monoisotopic (exact) mass is 286 g/mol. The fourth-order valence-electron chi connectivity index (χ4n) is 2.11. The van der Waals surface area contributed by atoms with Crippen molar-refractivity contribution >= 4 is 11.0 Å². The fraction of sp³-hybridized carbons (Fsp3) is 0. The van der Waals surface area contributed by atoms with Gasteiger partial charge in [-0.15, -0.1) is 0 Å². The van der Waals surface area contributed by atoms with Gasteiger partial charge in [-0.3, -0.25) is 4.79 Å². The zero-order valence-corrected chi connectivity index (χ0v) is 10.6. The Balaban J connectivity index is 2.35. The lowest BCUT2D eigenvalue weighted by molar-refractivity contribution is 0.451. The van der Waals surface area contributed by atoms with Gasteiger partial charge in [-0.2, -0.15) is 0 Å². The minimum absolute atomic E-state index is 0.00546. The topological polar surface area (TPSA) is 111 Å².